The van der Waals surface area contributed by atoms with Gasteiger partial charge in [0.15, 0.2) is 0 Å². The zero-order chi connectivity index (χ0) is 18.4. The summed E-state index contributed by atoms with van der Waals surface area (Å²) >= 11 is 0. The molecule has 0 fully saturated rings. The lowest BCUT2D eigenvalue weighted by molar-refractivity contribution is -0.385. The summed E-state index contributed by atoms with van der Waals surface area (Å²) in [6.45, 7) is 0.0343. The van der Waals surface area contributed by atoms with Gasteiger partial charge in [0.05, 0.1) is 23.2 Å². The van der Waals surface area contributed by atoms with Gasteiger partial charge in [0.1, 0.15) is 0 Å². The highest BCUT2D eigenvalue weighted by Crippen LogP contribution is 2.18. The number of hydrogen-bond donors (Lipinski definition) is 2. The molecule has 2 N–H and O–H groups in total. The first-order chi connectivity index (χ1) is 12.6. The van der Waals surface area contributed by atoms with Crippen molar-refractivity contribution >= 4 is 34.3 Å². The van der Waals surface area contributed by atoms with Crippen LogP contribution in [-0.4, -0.2) is 23.6 Å². The summed E-state index contributed by atoms with van der Waals surface area (Å²) in [5.41, 5.74) is 3.42. The number of carbonyl (C=O) groups excluding carboxylic acids is 1. The lowest BCUT2D eigenvalue weighted by atomic mass is 10.1. The fourth-order valence-corrected chi connectivity index (χ4v) is 2.46. The summed E-state index contributed by atoms with van der Waals surface area (Å²) in [4.78, 5) is 22.3. The van der Waals surface area contributed by atoms with E-state index in [1.54, 1.807) is 18.2 Å². The molecular weight excluding hydrogens is 332 g/mol. The van der Waals surface area contributed by atoms with E-state index in [0.29, 0.717) is 5.56 Å². The minimum atomic E-state index is -0.496. The second kappa shape index (κ2) is 7.89. The maximum Gasteiger partial charge on any atom is 0.278 e. The van der Waals surface area contributed by atoms with E-state index >= 15 is 0 Å². The molecule has 7 nitrogen and oxygen atoms in total. The number of anilines is 1. The molecule has 7 heteroatoms. The fourth-order valence-electron chi connectivity index (χ4n) is 2.46. The third-order valence-electron chi connectivity index (χ3n) is 3.73. The Labute approximate surface area is 149 Å². The zero-order valence-corrected chi connectivity index (χ0v) is 13.8. The molecule has 0 aliphatic heterocycles. The average Bonchev–Trinajstić information content (AvgIpc) is 2.66. The van der Waals surface area contributed by atoms with Gasteiger partial charge < -0.3 is 5.32 Å². The first-order valence-electron chi connectivity index (χ1n) is 7.91. The molecule has 0 unspecified atom stereocenters. The van der Waals surface area contributed by atoms with Crippen molar-refractivity contribution in [2.24, 2.45) is 5.10 Å². The predicted molar refractivity (Wildman–Crippen MR) is 101 cm³/mol. The van der Waals surface area contributed by atoms with Crippen LogP contribution in [0.25, 0.3) is 10.8 Å². The Hall–Kier alpha value is -3.74. The van der Waals surface area contributed by atoms with Gasteiger partial charge in [0.2, 0.25) is 0 Å². The lowest BCUT2D eigenvalue weighted by Crippen LogP contribution is -2.25. The molecule has 130 valence electrons. The molecular formula is C19H16N4O3. The molecule has 0 heterocycles. The highest BCUT2D eigenvalue weighted by molar-refractivity contribution is 5.88. The Morgan fingerprint density at radius 3 is 2.58 bits per heavy atom. The summed E-state index contributed by atoms with van der Waals surface area (Å²) < 4.78 is 0. The topological polar surface area (TPSA) is 96.6 Å². The number of nitrogens with one attached hydrogen (secondary N) is 2. The second-order valence-corrected chi connectivity index (χ2v) is 5.52. The largest absolute Gasteiger partial charge is 0.376 e. The first-order valence-corrected chi connectivity index (χ1v) is 7.91. The minimum absolute atomic E-state index is 0.0343. The van der Waals surface area contributed by atoms with E-state index in [1.807, 2.05) is 42.5 Å². The van der Waals surface area contributed by atoms with E-state index in [-0.39, 0.29) is 18.1 Å². The van der Waals surface area contributed by atoms with Crippen LogP contribution in [0.5, 0.6) is 0 Å². The number of hydrazone groups is 1. The van der Waals surface area contributed by atoms with Crippen LogP contribution < -0.4 is 10.7 Å². The van der Waals surface area contributed by atoms with Gasteiger partial charge in [-0.05, 0) is 29.0 Å². The molecule has 0 spiro atoms. The number of benzene rings is 3. The maximum absolute atomic E-state index is 11.9. The van der Waals surface area contributed by atoms with Gasteiger partial charge in [-0.15, -0.1) is 0 Å². The molecule has 0 atom stereocenters. The summed E-state index contributed by atoms with van der Waals surface area (Å²) in [7, 11) is 0. The molecule has 0 aliphatic rings. The van der Waals surface area contributed by atoms with Crippen LogP contribution in [0.15, 0.2) is 71.8 Å². The van der Waals surface area contributed by atoms with Gasteiger partial charge >= 0.3 is 0 Å². The van der Waals surface area contributed by atoms with Gasteiger partial charge in [0.25, 0.3) is 11.6 Å². The van der Waals surface area contributed by atoms with E-state index in [0.717, 1.165) is 16.5 Å². The molecule has 0 bridgehead atoms. The monoisotopic (exact) mass is 348 g/mol. The normalized spacial score (nSPS) is 10.8. The molecule has 0 saturated heterocycles. The Balaban J connectivity index is 1.56. The van der Waals surface area contributed by atoms with Gasteiger partial charge in [-0.1, -0.05) is 42.5 Å². The third-order valence-corrected chi connectivity index (χ3v) is 3.73. The maximum atomic E-state index is 11.9. The highest BCUT2D eigenvalue weighted by atomic mass is 16.6. The van der Waals surface area contributed by atoms with E-state index in [4.69, 9.17) is 0 Å². The minimum Gasteiger partial charge on any atom is -0.376 e. The molecule has 0 aromatic heterocycles. The Morgan fingerprint density at radius 2 is 1.77 bits per heavy atom. The molecule has 26 heavy (non-hydrogen) atoms. The molecule has 0 radical (unpaired) electrons. The standard InChI is InChI=1S/C19H16N4O3/c24-19(22-21-12-16-7-3-4-8-18(16)23(25)26)13-20-17-10-9-14-5-1-2-6-15(14)11-17/h1-12,20H,13H2,(H,22,24)/b21-12+. The van der Waals surface area contributed by atoms with E-state index < -0.39 is 4.92 Å². The summed E-state index contributed by atoms with van der Waals surface area (Å²) in [5.74, 6) is -0.354. The number of nitro benzene ring substituents is 1. The molecule has 3 aromatic rings. The second-order valence-electron chi connectivity index (χ2n) is 5.52. The van der Waals surface area contributed by atoms with Gasteiger partial charge in [-0.3, -0.25) is 14.9 Å². The van der Waals surface area contributed by atoms with Crippen LogP contribution in [0.4, 0.5) is 11.4 Å². The summed E-state index contributed by atoms with van der Waals surface area (Å²) in [5, 5.41) is 19.9. The number of hydrogen-bond acceptors (Lipinski definition) is 5. The number of fused-ring (bicyclic) bond motifs is 1. The molecule has 3 aromatic carbocycles. The molecule has 0 saturated carbocycles. The van der Waals surface area contributed by atoms with Crippen molar-refractivity contribution < 1.29 is 9.72 Å². The van der Waals surface area contributed by atoms with E-state index in [2.05, 4.69) is 15.8 Å². The quantitative estimate of drug-likeness (QED) is 0.406. The first kappa shape index (κ1) is 17.1. The van der Waals surface area contributed by atoms with E-state index in [1.165, 1.54) is 12.3 Å². The number of nitrogens with zero attached hydrogens (tertiary/aromatic N) is 2. The van der Waals surface area contributed by atoms with Crippen molar-refractivity contribution in [3.05, 3.63) is 82.4 Å². The van der Waals surface area contributed by atoms with Crippen molar-refractivity contribution in [3.8, 4) is 0 Å². The van der Waals surface area contributed by atoms with Crippen molar-refractivity contribution in [1.29, 1.82) is 0 Å². The number of amides is 1. The fraction of sp³-hybridized carbons (Fsp3) is 0.0526. The van der Waals surface area contributed by atoms with Crippen molar-refractivity contribution in [2.75, 3.05) is 11.9 Å². The number of para-hydroxylation sites is 1. The van der Waals surface area contributed by atoms with Crippen molar-refractivity contribution in [1.82, 2.24) is 5.43 Å². The Morgan fingerprint density at radius 1 is 1.04 bits per heavy atom. The number of nitro groups is 1. The Bertz CT molecular complexity index is 985. The van der Waals surface area contributed by atoms with E-state index in [9.17, 15) is 14.9 Å². The van der Waals surface area contributed by atoms with Gasteiger partial charge in [0, 0.05) is 11.8 Å². The average molecular weight is 348 g/mol. The van der Waals surface area contributed by atoms with Crippen molar-refractivity contribution in [3.63, 3.8) is 0 Å². The van der Waals surface area contributed by atoms with Crippen LogP contribution >= 0.6 is 0 Å². The number of carbonyl (C=O) groups is 1. The molecule has 1 amide bonds. The van der Waals surface area contributed by atoms with Gasteiger partial charge in [-0.25, -0.2) is 5.43 Å². The van der Waals surface area contributed by atoms with Crippen LogP contribution in [-0.2, 0) is 4.79 Å². The van der Waals surface area contributed by atoms with Crippen LogP contribution in [0, 0.1) is 10.1 Å². The lowest BCUT2D eigenvalue weighted by Gasteiger charge is -2.06. The van der Waals surface area contributed by atoms with Gasteiger partial charge in [-0.2, -0.15) is 5.10 Å². The number of rotatable bonds is 6. The van der Waals surface area contributed by atoms with Crippen LogP contribution in [0.3, 0.4) is 0 Å². The smallest absolute Gasteiger partial charge is 0.278 e. The van der Waals surface area contributed by atoms with Crippen LogP contribution in [0.1, 0.15) is 5.56 Å². The predicted octanol–water partition coefficient (Wildman–Crippen LogP) is 3.31. The zero-order valence-electron chi connectivity index (χ0n) is 13.8. The third kappa shape index (κ3) is 4.21. The molecule has 3 rings (SSSR count). The van der Waals surface area contributed by atoms with Crippen molar-refractivity contribution in [2.45, 2.75) is 0 Å². The summed E-state index contributed by atoms with van der Waals surface area (Å²) in [6.07, 6.45) is 1.26. The summed E-state index contributed by atoms with van der Waals surface area (Å²) in [6, 6.07) is 19.9. The van der Waals surface area contributed by atoms with Crippen LogP contribution in [0.2, 0.25) is 0 Å². The SMILES string of the molecule is O=C(CNc1ccc2ccccc2c1)N/N=C/c1ccccc1[N+](=O)[O-]. The molecule has 0 aliphatic carbocycles. The highest BCUT2D eigenvalue weighted by Gasteiger charge is 2.10. The Kier molecular flexibility index (Phi) is 5.19.